The van der Waals surface area contributed by atoms with E-state index < -0.39 is 0 Å². The van der Waals surface area contributed by atoms with E-state index >= 15 is 0 Å². The first kappa shape index (κ1) is 11.5. The van der Waals surface area contributed by atoms with Crippen molar-refractivity contribution >= 4 is 0 Å². The average molecular weight is 254 g/mol. The second-order valence-corrected chi connectivity index (χ2v) is 4.19. The number of nitrogens with zero attached hydrogens (tertiary/aromatic N) is 1. The summed E-state index contributed by atoms with van der Waals surface area (Å²) in [5.74, 6) is -0.327. The first-order valence-corrected chi connectivity index (χ1v) is 5.87. The lowest BCUT2D eigenvalue weighted by atomic mass is 10.2. The number of hydrogen-bond acceptors (Lipinski definition) is 1. The van der Waals surface area contributed by atoms with Crippen LogP contribution < -0.4 is 5.56 Å². The first-order chi connectivity index (χ1) is 9.24. The van der Waals surface area contributed by atoms with Gasteiger partial charge in [0.05, 0.1) is 11.4 Å². The molecular formula is C15H11FN2O. The molecule has 3 rings (SSSR count). The van der Waals surface area contributed by atoms with Crippen LogP contribution in [0.15, 0.2) is 65.5 Å². The third-order valence-corrected chi connectivity index (χ3v) is 2.89. The van der Waals surface area contributed by atoms with E-state index in [2.05, 4.69) is 5.10 Å². The van der Waals surface area contributed by atoms with Crippen LogP contribution in [0, 0.1) is 5.82 Å². The molecule has 0 saturated heterocycles. The molecule has 1 heterocycles. The molecule has 0 aliphatic heterocycles. The average Bonchev–Trinajstić information content (AvgIpc) is 2.83. The highest BCUT2D eigenvalue weighted by Crippen LogP contribution is 2.15. The Hall–Kier alpha value is -2.62. The van der Waals surface area contributed by atoms with Gasteiger partial charge in [-0.15, -0.1) is 0 Å². The second-order valence-electron chi connectivity index (χ2n) is 4.19. The molecule has 0 saturated carbocycles. The molecule has 0 unspecified atom stereocenters. The molecule has 2 aromatic carbocycles. The van der Waals surface area contributed by atoms with Gasteiger partial charge in [-0.05, 0) is 29.8 Å². The number of rotatable bonds is 2. The minimum atomic E-state index is -0.327. The summed E-state index contributed by atoms with van der Waals surface area (Å²) in [7, 11) is 0. The van der Waals surface area contributed by atoms with Crippen LogP contribution in [0.25, 0.3) is 16.9 Å². The van der Waals surface area contributed by atoms with Crippen molar-refractivity contribution in [1.29, 1.82) is 0 Å². The summed E-state index contributed by atoms with van der Waals surface area (Å²) < 4.78 is 14.3. The Labute approximate surface area is 108 Å². The molecule has 0 bridgehead atoms. The number of aromatic amines is 1. The highest BCUT2D eigenvalue weighted by atomic mass is 19.1. The van der Waals surface area contributed by atoms with Gasteiger partial charge in [-0.2, -0.15) is 0 Å². The third kappa shape index (κ3) is 2.20. The first-order valence-electron chi connectivity index (χ1n) is 5.87. The summed E-state index contributed by atoms with van der Waals surface area (Å²) in [6, 6.07) is 16.9. The molecule has 0 atom stereocenters. The van der Waals surface area contributed by atoms with E-state index in [1.165, 1.54) is 22.9 Å². The lowest BCUT2D eigenvalue weighted by molar-refractivity contribution is 0.627. The van der Waals surface area contributed by atoms with Crippen LogP contribution in [-0.2, 0) is 0 Å². The molecule has 1 N–H and O–H groups in total. The molecule has 0 spiro atoms. The van der Waals surface area contributed by atoms with Crippen LogP contribution in [0.5, 0.6) is 0 Å². The van der Waals surface area contributed by atoms with E-state index in [4.69, 9.17) is 0 Å². The standard InChI is InChI=1S/C15H11FN2O/c16-12-6-8-13(9-7-12)18-15(19)10-14(17-18)11-4-2-1-3-5-11/h1-10,17H. The Balaban J connectivity index is 2.08. The van der Waals surface area contributed by atoms with E-state index in [0.717, 1.165) is 11.3 Å². The molecule has 0 fully saturated rings. The van der Waals surface area contributed by atoms with Crippen molar-refractivity contribution in [1.82, 2.24) is 9.78 Å². The van der Waals surface area contributed by atoms with Crippen molar-refractivity contribution in [2.75, 3.05) is 0 Å². The SMILES string of the molecule is O=c1cc(-c2ccccc2)[nH]n1-c1ccc(F)cc1. The third-order valence-electron chi connectivity index (χ3n) is 2.89. The predicted molar refractivity (Wildman–Crippen MR) is 71.8 cm³/mol. The maximum absolute atomic E-state index is 12.9. The molecule has 1 aromatic heterocycles. The van der Waals surface area contributed by atoms with Gasteiger partial charge in [0.2, 0.25) is 0 Å². The number of H-pyrrole nitrogens is 1. The smallest absolute Gasteiger partial charge is 0.271 e. The predicted octanol–water partition coefficient (Wildman–Crippen LogP) is 2.97. The normalized spacial score (nSPS) is 10.6. The van der Waals surface area contributed by atoms with Crippen molar-refractivity contribution in [3.05, 3.63) is 76.8 Å². The number of hydrogen-bond donors (Lipinski definition) is 1. The van der Waals surface area contributed by atoms with E-state index in [-0.39, 0.29) is 11.4 Å². The van der Waals surface area contributed by atoms with Crippen LogP contribution in [0.2, 0.25) is 0 Å². The molecule has 0 amide bonds. The molecule has 3 aromatic rings. The fourth-order valence-corrected chi connectivity index (χ4v) is 1.94. The fourth-order valence-electron chi connectivity index (χ4n) is 1.94. The van der Waals surface area contributed by atoms with E-state index in [9.17, 15) is 9.18 Å². The van der Waals surface area contributed by atoms with Crippen LogP contribution >= 0.6 is 0 Å². The quantitative estimate of drug-likeness (QED) is 0.750. The topological polar surface area (TPSA) is 37.8 Å². The van der Waals surface area contributed by atoms with Gasteiger partial charge in [0.25, 0.3) is 5.56 Å². The summed E-state index contributed by atoms with van der Waals surface area (Å²) >= 11 is 0. The van der Waals surface area contributed by atoms with Gasteiger partial charge >= 0.3 is 0 Å². The lowest BCUT2D eigenvalue weighted by Crippen LogP contribution is -2.13. The highest BCUT2D eigenvalue weighted by molar-refractivity contribution is 5.58. The zero-order valence-electron chi connectivity index (χ0n) is 10.0. The van der Waals surface area contributed by atoms with Gasteiger partial charge in [0, 0.05) is 6.07 Å². The molecule has 19 heavy (non-hydrogen) atoms. The van der Waals surface area contributed by atoms with E-state index in [1.54, 1.807) is 12.1 Å². The second kappa shape index (κ2) is 4.57. The molecule has 0 aliphatic rings. The highest BCUT2D eigenvalue weighted by Gasteiger charge is 2.06. The Morgan fingerprint density at radius 1 is 0.947 bits per heavy atom. The van der Waals surface area contributed by atoms with Gasteiger partial charge in [-0.3, -0.25) is 9.89 Å². The molecule has 94 valence electrons. The van der Waals surface area contributed by atoms with Crippen LogP contribution in [0.1, 0.15) is 0 Å². The van der Waals surface area contributed by atoms with Gasteiger partial charge in [-0.1, -0.05) is 30.3 Å². The Morgan fingerprint density at radius 2 is 1.63 bits per heavy atom. The van der Waals surface area contributed by atoms with Gasteiger partial charge in [0.1, 0.15) is 5.82 Å². The van der Waals surface area contributed by atoms with E-state index in [0.29, 0.717) is 5.69 Å². The van der Waals surface area contributed by atoms with Crippen LogP contribution in [0.3, 0.4) is 0 Å². The monoisotopic (exact) mass is 254 g/mol. The minimum absolute atomic E-state index is 0.175. The summed E-state index contributed by atoms with van der Waals surface area (Å²) in [6.45, 7) is 0. The van der Waals surface area contributed by atoms with Crippen molar-refractivity contribution in [3.63, 3.8) is 0 Å². The molecule has 0 aliphatic carbocycles. The van der Waals surface area contributed by atoms with E-state index in [1.807, 2.05) is 30.3 Å². The molecule has 4 heteroatoms. The van der Waals surface area contributed by atoms with Gasteiger partial charge < -0.3 is 0 Å². The summed E-state index contributed by atoms with van der Waals surface area (Å²) in [5, 5.41) is 3.02. The Bertz CT molecular complexity index is 742. The van der Waals surface area contributed by atoms with Crippen LogP contribution in [-0.4, -0.2) is 9.78 Å². The largest absolute Gasteiger partial charge is 0.290 e. The minimum Gasteiger partial charge on any atom is -0.290 e. The number of nitrogens with one attached hydrogen (secondary N) is 1. The zero-order valence-corrected chi connectivity index (χ0v) is 10.0. The number of halogens is 1. The van der Waals surface area contributed by atoms with Crippen molar-refractivity contribution in [2.24, 2.45) is 0 Å². The molecule has 3 nitrogen and oxygen atoms in total. The number of benzene rings is 2. The molecular weight excluding hydrogens is 243 g/mol. The molecule has 0 radical (unpaired) electrons. The Morgan fingerprint density at radius 3 is 2.32 bits per heavy atom. The van der Waals surface area contributed by atoms with Crippen molar-refractivity contribution < 1.29 is 4.39 Å². The van der Waals surface area contributed by atoms with Gasteiger partial charge in [0.15, 0.2) is 0 Å². The van der Waals surface area contributed by atoms with Crippen LogP contribution in [0.4, 0.5) is 4.39 Å². The lowest BCUT2D eigenvalue weighted by Gasteiger charge is -2.02. The van der Waals surface area contributed by atoms with Crippen molar-refractivity contribution in [3.8, 4) is 16.9 Å². The Kier molecular flexibility index (Phi) is 2.76. The maximum atomic E-state index is 12.9. The number of aromatic nitrogens is 2. The fraction of sp³-hybridized carbons (Fsp3) is 0. The summed E-state index contributed by atoms with van der Waals surface area (Å²) in [5.41, 5.74) is 2.09. The summed E-state index contributed by atoms with van der Waals surface area (Å²) in [4.78, 5) is 11.9. The summed E-state index contributed by atoms with van der Waals surface area (Å²) in [6.07, 6.45) is 0. The van der Waals surface area contributed by atoms with Crippen molar-refractivity contribution in [2.45, 2.75) is 0 Å². The zero-order chi connectivity index (χ0) is 13.2. The maximum Gasteiger partial charge on any atom is 0.271 e. The van der Waals surface area contributed by atoms with Gasteiger partial charge in [-0.25, -0.2) is 9.07 Å².